The van der Waals surface area contributed by atoms with Crippen molar-refractivity contribution in [3.8, 4) is 16.5 Å². The predicted octanol–water partition coefficient (Wildman–Crippen LogP) is 4.20. The molecule has 2 aromatic heterocycles. The molecule has 0 aliphatic rings. The maximum absolute atomic E-state index is 13.1. The zero-order valence-electron chi connectivity index (χ0n) is 13.4. The molecule has 6 nitrogen and oxygen atoms in total. The molecule has 2 N–H and O–H groups in total. The number of carbonyl (C=O) groups is 1. The van der Waals surface area contributed by atoms with E-state index in [0.29, 0.717) is 11.6 Å². The maximum atomic E-state index is 13.1. The van der Waals surface area contributed by atoms with Gasteiger partial charge in [0.25, 0.3) is 0 Å². The lowest BCUT2D eigenvalue weighted by Crippen LogP contribution is -2.32. The van der Waals surface area contributed by atoms with Gasteiger partial charge in [0.1, 0.15) is 18.1 Å². The normalized spacial score (nSPS) is 10.4. The van der Waals surface area contributed by atoms with Crippen LogP contribution >= 0.6 is 22.9 Å². The van der Waals surface area contributed by atoms with Gasteiger partial charge in [0.15, 0.2) is 0 Å². The quantitative estimate of drug-likeness (QED) is 0.616. The molecule has 0 saturated heterocycles. The van der Waals surface area contributed by atoms with Gasteiger partial charge in [-0.25, -0.2) is 9.18 Å². The van der Waals surface area contributed by atoms with Crippen LogP contribution in [0.25, 0.3) is 10.6 Å². The monoisotopic (exact) mass is 392 g/mol. The van der Waals surface area contributed by atoms with Gasteiger partial charge >= 0.3 is 6.03 Å². The number of rotatable bonds is 6. The first kappa shape index (κ1) is 18.1. The third-order valence-corrected chi connectivity index (χ3v) is 4.41. The van der Waals surface area contributed by atoms with Gasteiger partial charge in [0, 0.05) is 11.8 Å². The lowest BCUT2D eigenvalue weighted by molar-refractivity contribution is 0.246. The van der Waals surface area contributed by atoms with Crippen LogP contribution in [-0.2, 0) is 0 Å². The fraction of sp³-hybridized carbons (Fsp3) is 0.118. The number of benzene rings is 1. The van der Waals surface area contributed by atoms with Crippen molar-refractivity contribution in [2.24, 2.45) is 0 Å². The second-order valence-corrected chi connectivity index (χ2v) is 6.45. The standard InChI is InChI=1S/C17H14ClFN4O2S/c18-12-10-11(3-4-13(12)19)21-17(24)20-7-8-25-16-6-5-14(22-23-16)15-2-1-9-26-15/h1-6,9-10H,7-8H2,(H2,20,21,24). The molecule has 134 valence electrons. The summed E-state index contributed by atoms with van der Waals surface area (Å²) in [6.45, 7) is 0.486. The molecule has 0 fully saturated rings. The number of urea groups is 1. The Hall–Kier alpha value is -2.71. The maximum Gasteiger partial charge on any atom is 0.319 e. The smallest absolute Gasteiger partial charge is 0.319 e. The molecule has 0 aliphatic carbocycles. The van der Waals surface area contributed by atoms with E-state index >= 15 is 0 Å². The van der Waals surface area contributed by atoms with E-state index in [0.717, 1.165) is 10.6 Å². The van der Waals surface area contributed by atoms with Gasteiger partial charge < -0.3 is 15.4 Å². The number of nitrogens with one attached hydrogen (secondary N) is 2. The Kier molecular flexibility index (Phi) is 5.98. The van der Waals surface area contributed by atoms with Gasteiger partial charge in [-0.05, 0) is 35.7 Å². The molecular weight excluding hydrogens is 379 g/mol. The SMILES string of the molecule is O=C(NCCOc1ccc(-c2cccs2)nn1)Nc1ccc(F)c(Cl)c1. The van der Waals surface area contributed by atoms with Crippen LogP contribution < -0.4 is 15.4 Å². The van der Waals surface area contributed by atoms with Crippen molar-refractivity contribution in [2.75, 3.05) is 18.5 Å². The highest BCUT2D eigenvalue weighted by atomic mass is 35.5. The lowest BCUT2D eigenvalue weighted by atomic mass is 10.3. The number of ether oxygens (including phenoxy) is 1. The number of hydrogen-bond acceptors (Lipinski definition) is 5. The predicted molar refractivity (Wildman–Crippen MR) is 99.3 cm³/mol. The minimum absolute atomic E-state index is 0.0595. The number of nitrogens with zero attached hydrogens (tertiary/aromatic N) is 2. The number of thiophene rings is 1. The average molecular weight is 393 g/mol. The van der Waals surface area contributed by atoms with Crippen LogP contribution in [-0.4, -0.2) is 29.4 Å². The lowest BCUT2D eigenvalue weighted by Gasteiger charge is -2.09. The van der Waals surface area contributed by atoms with Crippen LogP contribution in [0.3, 0.4) is 0 Å². The molecular formula is C17H14ClFN4O2S. The molecule has 0 spiro atoms. The van der Waals surface area contributed by atoms with Crippen molar-refractivity contribution in [2.45, 2.75) is 0 Å². The summed E-state index contributed by atoms with van der Waals surface area (Å²) in [4.78, 5) is 12.8. The topological polar surface area (TPSA) is 76.1 Å². The van der Waals surface area contributed by atoms with Crippen LogP contribution in [0.1, 0.15) is 0 Å². The molecule has 0 radical (unpaired) electrons. The van der Waals surface area contributed by atoms with Gasteiger partial charge in [-0.1, -0.05) is 17.7 Å². The van der Waals surface area contributed by atoms with Crippen LogP contribution in [0.5, 0.6) is 5.88 Å². The highest BCUT2D eigenvalue weighted by molar-refractivity contribution is 7.13. The summed E-state index contributed by atoms with van der Waals surface area (Å²) >= 11 is 7.24. The summed E-state index contributed by atoms with van der Waals surface area (Å²) in [7, 11) is 0. The van der Waals surface area contributed by atoms with Crippen LogP contribution in [0.2, 0.25) is 5.02 Å². The third-order valence-electron chi connectivity index (χ3n) is 3.23. The Morgan fingerprint density at radius 1 is 1.23 bits per heavy atom. The Balaban J connectivity index is 1.40. The molecule has 0 saturated carbocycles. The molecule has 2 heterocycles. The zero-order chi connectivity index (χ0) is 18.4. The molecule has 0 bridgehead atoms. The Bertz CT molecular complexity index is 875. The van der Waals surface area contributed by atoms with E-state index < -0.39 is 11.8 Å². The fourth-order valence-corrected chi connectivity index (χ4v) is 2.89. The summed E-state index contributed by atoms with van der Waals surface area (Å²) in [6.07, 6.45) is 0. The van der Waals surface area contributed by atoms with Crippen molar-refractivity contribution in [1.29, 1.82) is 0 Å². The van der Waals surface area contributed by atoms with E-state index in [2.05, 4.69) is 20.8 Å². The van der Waals surface area contributed by atoms with E-state index in [1.807, 2.05) is 23.6 Å². The molecule has 3 rings (SSSR count). The van der Waals surface area contributed by atoms with Crippen molar-refractivity contribution in [3.05, 3.63) is 58.7 Å². The third kappa shape index (κ3) is 4.90. The van der Waals surface area contributed by atoms with Crippen molar-refractivity contribution >= 4 is 34.7 Å². The summed E-state index contributed by atoms with van der Waals surface area (Å²) in [5, 5.41) is 15.2. The fourth-order valence-electron chi connectivity index (χ4n) is 2.02. The van der Waals surface area contributed by atoms with Gasteiger partial charge in [-0.3, -0.25) is 0 Å². The Morgan fingerprint density at radius 3 is 2.81 bits per heavy atom. The number of hydrogen-bond donors (Lipinski definition) is 2. The Labute approximate surface area is 158 Å². The summed E-state index contributed by atoms with van der Waals surface area (Å²) in [5.41, 5.74) is 1.17. The van der Waals surface area contributed by atoms with Crippen molar-refractivity contribution in [3.63, 3.8) is 0 Å². The van der Waals surface area contributed by atoms with Gasteiger partial charge in [-0.2, -0.15) is 0 Å². The van der Waals surface area contributed by atoms with Crippen LogP contribution in [0, 0.1) is 5.82 Å². The molecule has 9 heteroatoms. The number of amides is 2. The zero-order valence-corrected chi connectivity index (χ0v) is 15.0. The number of halogens is 2. The Morgan fingerprint density at radius 2 is 2.12 bits per heavy atom. The van der Waals surface area contributed by atoms with E-state index in [-0.39, 0.29) is 18.2 Å². The minimum atomic E-state index is -0.544. The first-order valence-corrected chi connectivity index (χ1v) is 8.88. The van der Waals surface area contributed by atoms with E-state index in [1.165, 1.54) is 18.2 Å². The minimum Gasteiger partial charge on any atom is -0.475 e. The average Bonchev–Trinajstić information content (AvgIpc) is 3.17. The van der Waals surface area contributed by atoms with E-state index in [9.17, 15) is 9.18 Å². The van der Waals surface area contributed by atoms with Gasteiger partial charge in [0.2, 0.25) is 5.88 Å². The van der Waals surface area contributed by atoms with Gasteiger partial charge in [-0.15, -0.1) is 21.5 Å². The summed E-state index contributed by atoms with van der Waals surface area (Å²) in [5.74, 6) is -0.171. The van der Waals surface area contributed by atoms with Crippen molar-refractivity contribution in [1.82, 2.24) is 15.5 Å². The number of carbonyl (C=O) groups excluding carboxylic acids is 1. The first-order chi connectivity index (χ1) is 12.6. The van der Waals surface area contributed by atoms with E-state index in [4.69, 9.17) is 16.3 Å². The molecule has 1 aromatic carbocycles. The summed E-state index contributed by atoms with van der Waals surface area (Å²) in [6, 6.07) is 10.9. The van der Waals surface area contributed by atoms with Gasteiger partial charge in [0.05, 0.1) is 16.4 Å². The largest absolute Gasteiger partial charge is 0.475 e. The molecule has 0 atom stereocenters. The molecule has 2 amide bonds. The second kappa shape index (κ2) is 8.59. The van der Waals surface area contributed by atoms with E-state index in [1.54, 1.807) is 17.4 Å². The number of aromatic nitrogens is 2. The molecule has 3 aromatic rings. The second-order valence-electron chi connectivity index (χ2n) is 5.09. The highest BCUT2D eigenvalue weighted by Crippen LogP contribution is 2.22. The van der Waals surface area contributed by atoms with Crippen LogP contribution in [0.15, 0.2) is 47.8 Å². The molecule has 0 aliphatic heterocycles. The van der Waals surface area contributed by atoms with Crippen LogP contribution in [0.4, 0.5) is 14.9 Å². The number of anilines is 1. The molecule has 0 unspecified atom stereocenters. The molecule has 26 heavy (non-hydrogen) atoms. The first-order valence-electron chi connectivity index (χ1n) is 7.62. The summed E-state index contributed by atoms with van der Waals surface area (Å²) < 4.78 is 18.5. The highest BCUT2D eigenvalue weighted by Gasteiger charge is 2.06. The van der Waals surface area contributed by atoms with Crippen molar-refractivity contribution < 1.29 is 13.9 Å².